The van der Waals surface area contributed by atoms with Crippen LogP contribution in [0.3, 0.4) is 0 Å². The van der Waals surface area contributed by atoms with Crippen molar-refractivity contribution in [2.45, 2.75) is 39.3 Å². The minimum atomic E-state index is -0.265. The molecule has 1 atom stereocenters. The lowest BCUT2D eigenvalue weighted by atomic mass is 9.99. The predicted octanol–water partition coefficient (Wildman–Crippen LogP) is 0.152. The fourth-order valence-corrected chi connectivity index (χ4v) is 2.18. The number of aromatic nitrogens is 3. The smallest absolute Gasteiger partial charge is 0.310 e. The maximum Gasteiger partial charge on any atom is 0.310 e. The molecule has 0 bridgehead atoms. The Morgan fingerprint density at radius 1 is 1.42 bits per heavy atom. The third-order valence-electron chi connectivity index (χ3n) is 3.10. The summed E-state index contributed by atoms with van der Waals surface area (Å²) < 4.78 is 6.46. The van der Waals surface area contributed by atoms with E-state index in [4.69, 9.17) is 4.74 Å². The summed E-state index contributed by atoms with van der Waals surface area (Å²) in [6.07, 6.45) is 1.30. The fraction of sp³-hybridized carbons (Fsp3) is 0.667. The Labute approximate surface area is 111 Å². The van der Waals surface area contributed by atoms with E-state index in [1.807, 2.05) is 13.8 Å². The molecule has 1 unspecified atom stereocenters. The van der Waals surface area contributed by atoms with Crippen molar-refractivity contribution in [3.63, 3.8) is 0 Å². The van der Waals surface area contributed by atoms with Crippen LogP contribution in [0.1, 0.15) is 36.7 Å². The number of nitrogens with zero attached hydrogens (tertiary/aromatic N) is 3. The van der Waals surface area contributed by atoms with Crippen molar-refractivity contribution in [2.75, 3.05) is 7.11 Å². The summed E-state index contributed by atoms with van der Waals surface area (Å²) in [6, 6.07) is 0.0282. The summed E-state index contributed by atoms with van der Waals surface area (Å²) in [5, 5.41) is 10.7. The maximum atomic E-state index is 12.0. The molecule has 1 aliphatic rings. The van der Waals surface area contributed by atoms with Crippen molar-refractivity contribution in [3.8, 4) is 0 Å². The molecule has 0 aliphatic carbocycles. The normalized spacial score (nSPS) is 18.0. The molecule has 2 rings (SSSR count). The molecule has 7 nitrogen and oxygen atoms in total. The van der Waals surface area contributed by atoms with Gasteiger partial charge in [-0.05, 0) is 20.3 Å². The van der Waals surface area contributed by atoms with Crippen LogP contribution in [0.25, 0.3) is 0 Å². The first-order valence-electron chi connectivity index (χ1n) is 6.33. The van der Waals surface area contributed by atoms with Crippen LogP contribution in [0.15, 0.2) is 0 Å². The van der Waals surface area contributed by atoms with Crippen molar-refractivity contribution in [1.82, 2.24) is 20.1 Å². The number of carbonyl (C=O) groups excluding carboxylic acids is 2. The standard InChI is InChI=1S/C12H18N4O3/c1-7(2)13-11(17)10-15-14-9-5-4-8(6-16(9)10)12(18)19-3/h7-8H,4-6H2,1-3H3,(H,13,17). The molecule has 1 aromatic rings. The van der Waals surface area contributed by atoms with Gasteiger partial charge in [0.25, 0.3) is 5.91 Å². The van der Waals surface area contributed by atoms with Crippen molar-refractivity contribution >= 4 is 11.9 Å². The molecule has 104 valence electrons. The molecule has 0 fully saturated rings. The highest BCUT2D eigenvalue weighted by Gasteiger charge is 2.30. The Morgan fingerprint density at radius 3 is 2.79 bits per heavy atom. The number of carbonyl (C=O) groups is 2. The molecule has 1 amide bonds. The highest BCUT2D eigenvalue weighted by molar-refractivity contribution is 5.91. The number of methoxy groups -OCH3 is 1. The lowest BCUT2D eigenvalue weighted by Crippen LogP contribution is -2.35. The largest absolute Gasteiger partial charge is 0.469 e. The van der Waals surface area contributed by atoms with E-state index < -0.39 is 0 Å². The van der Waals surface area contributed by atoms with E-state index in [0.29, 0.717) is 19.4 Å². The minimum Gasteiger partial charge on any atom is -0.469 e. The number of amides is 1. The monoisotopic (exact) mass is 266 g/mol. The SMILES string of the molecule is COC(=O)C1CCc2nnc(C(=O)NC(C)C)n2C1. The van der Waals surface area contributed by atoms with E-state index in [1.54, 1.807) is 4.57 Å². The van der Waals surface area contributed by atoms with Gasteiger partial charge in [-0.3, -0.25) is 9.59 Å². The molecule has 0 saturated carbocycles. The third-order valence-corrected chi connectivity index (χ3v) is 3.10. The van der Waals surface area contributed by atoms with Crippen LogP contribution >= 0.6 is 0 Å². The highest BCUT2D eigenvalue weighted by atomic mass is 16.5. The molecule has 7 heteroatoms. The summed E-state index contributed by atoms with van der Waals surface area (Å²) in [7, 11) is 1.37. The van der Waals surface area contributed by atoms with Gasteiger partial charge in [0.2, 0.25) is 5.82 Å². The van der Waals surface area contributed by atoms with E-state index >= 15 is 0 Å². The number of esters is 1. The first kappa shape index (κ1) is 13.5. The Kier molecular flexibility index (Phi) is 3.82. The number of hydrogen-bond acceptors (Lipinski definition) is 5. The van der Waals surface area contributed by atoms with Gasteiger partial charge in [0.1, 0.15) is 5.82 Å². The first-order chi connectivity index (χ1) is 9.02. The molecule has 0 saturated heterocycles. The predicted molar refractivity (Wildman–Crippen MR) is 66.5 cm³/mol. The Hall–Kier alpha value is -1.92. The highest BCUT2D eigenvalue weighted by Crippen LogP contribution is 2.21. The van der Waals surface area contributed by atoms with Crippen LogP contribution < -0.4 is 5.32 Å². The van der Waals surface area contributed by atoms with Crippen LogP contribution in [-0.4, -0.2) is 39.8 Å². The quantitative estimate of drug-likeness (QED) is 0.787. The number of nitrogens with one attached hydrogen (secondary N) is 1. The topological polar surface area (TPSA) is 86.1 Å². The molecular formula is C12H18N4O3. The van der Waals surface area contributed by atoms with Crippen LogP contribution in [-0.2, 0) is 22.5 Å². The number of rotatable bonds is 3. The second-order valence-electron chi connectivity index (χ2n) is 4.94. The second kappa shape index (κ2) is 5.38. The van der Waals surface area contributed by atoms with Crippen LogP contribution in [0, 0.1) is 5.92 Å². The second-order valence-corrected chi connectivity index (χ2v) is 4.94. The van der Waals surface area contributed by atoms with Gasteiger partial charge in [-0.25, -0.2) is 0 Å². The zero-order valence-electron chi connectivity index (χ0n) is 11.3. The molecule has 0 spiro atoms. The molecule has 0 aromatic carbocycles. The molecular weight excluding hydrogens is 248 g/mol. The summed E-state index contributed by atoms with van der Waals surface area (Å²) in [5.74, 6) is 0.249. The van der Waals surface area contributed by atoms with Gasteiger partial charge in [0.05, 0.1) is 13.0 Å². The van der Waals surface area contributed by atoms with E-state index in [9.17, 15) is 9.59 Å². The zero-order valence-corrected chi connectivity index (χ0v) is 11.3. The van der Waals surface area contributed by atoms with Crippen LogP contribution in [0.2, 0.25) is 0 Å². The van der Waals surface area contributed by atoms with Gasteiger partial charge in [-0.2, -0.15) is 0 Å². The average molecular weight is 266 g/mol. The number of fused-ring (bicyclic) bond motifs is 1. The van der Waals surface area contributed by atoms with Crippen LogP contribution in [0.4, 0.5) is 0 Å². The third kappa shape index (κ3) is 2.74. The summed E-state index contributed by atoms with van der Waals surface area (Å²) >= 11 is 0. The average Bonchev–Trinajstić information content (AvgIpc) is 2.79. The molecule has 1 aromatic heterocycles. The van der Waals surface area contributed by atoms with Gasteiger partial charge in [-0.15, -0.1) is 10.2 Å². The summed E-state index contributed by atoms with van der Waals surface area (Å²) in [6.45, 7) is 4.15. The van der Waals surface area contributed by atoms with Crippen molar-refractivity contribution < 1.29 is 14.3 Å². The maximum absolute atomic E-state index is 12.0. The Bertz CT molecular complexity index is 495. The van der Waals surface area contributed by atoms with Gasteiger partial charge in [-0.1, -0.05) is 0 Å². The summed E-state index contributed by atoms with van der Waals surface area (Å²) in [5.41, 5.74) is 0. The number of aryl methyl sites for hydroxylation is 1. The fourth-order valence-electron chi connectivity index (χ4n) is 2.18. The van der Waals surface area contributed by atoms with Gasteiger partial charge >= 0.3 is 5.97 Å². The van der Waals surface area contributed by atoms with E-state index in [0.717, 1.165) is 5.82 Å². The van der Waals surface area contributed by atoms with Crippen molar-refractivity contribution in [2.24, 2.45) is 5.92 Å². The van der Waals surface area contributed by atoms with Gasteiger partial charge in [0.15, 0.2) is 0 Å². The van der Waals surface area contributed by atoms with E-state index in [2.05, 4.69) is 15.5 Å². The molecule has 1 N–H and O–H groups in total. The van der Waals surface area contributed by atoms with Gasteiger partial charge in [0, 0.05) is 19.0 Å². The minimum absolute atomic E-state index is 0.0282. The van der Waals surface area contributed by atoms with E-state index in [-0.39, 0.29) is 29.7 Å². The van der Waals surface area contributed by atoms with Crippen molar-refractivity contribution in [3.05, 3.63) is 11.6 Å². The molecule has 19 heavy (non-hydrogen) atoms. The first-order valence-corrected chi connectivity index (χ1v) is 6.33. The lowest BCUT2D eigenvalue weighted by Gasteiger charge is -2.22. The zero-order chi connectivity index (χ0) is 14.0. The van der Waals surface area contributed by atoms with Gasteiger partial charge < -0.3 is 14.6 Å². The van der Waals surface area contributed by atoms with E-state index in [1.165, 1.54) is 7.11 Å². The number of ether oxygens (including phenoxy) is 1. The lowest BCUT2D eigenvalue weighted by molar-refractivity contribution is -0.146. The Morgan fingerprint density at radius 2 is 2.16 bits per heavy atom. The van der Waals surface area contributed by atoms with Crippen molar-refractivity contribution in [1.29, 1.82) is 0 Å². The number of hydrogen-bond donors (Lipinski definition) is 1. The van der Waals surface area contributed by atoms with Crippen LogP contribution in [0.5, 0.6) is 0 Å². The molecule has 1 aliphatic heterocycles. The summed E-state index contributed by atoms with van der Waals surface area (Å²) in [4.78, 5) is 23.6. The Balaban J connectivity index is 2.20. The molecule has 2 heterocycles. The molecule has 0 radical (unpaired) electrons.